The van der Waals surface area contributed by atoms with E-state index in [0.717, 1.165) is 26.2 Å². The fourth-order valence-electron chi connectivity index (χ4n) is 2.39. The van der Waals surface area contributed by atoms with E-state index in [2.05, 4.69) is 24.5 Å². The van der Waals surface area contributed by atoms with E-state index in [-0.39, 0.29) is 5.69 Å². The molecule has 0 bridgehead atoms. The van der Waals surface area contributed by atoms with Crippen LogP contribution in [-0.2, 0) is 4.74 Å². The van der Waals surface area contributed by atoms with Crippen LogP contribution in [0.3, 0.4) is 0 Å². The molecule has 0 aliphatic carbocycles. The van der Waals surface area contributed by atoms with Gasteiger partial charge in [-0.3, -0.25) is 9.88 Å². The number of hydrogen-bond donors (Lipinski definition) is 1. The molecule has 0 radical (unpaired) electrons. The number of piperazine rings is 1. The highest BCUT2D eigenvalue weighted by atomic mass is 16.5. The number of β-amino-alcohol motifs (C(OH)–C–C–N with tert-alkyl or cyclic N) is 1. The molecule has 0 amide bonds. The average Bonchev–Trinajstić information content (AvgIpc) is 2.45. The summed E-state index contributed by atoms with van der Waals surface area (Å²) in [5.74, 6) is 0.200. The molecule has 1 aromatic rings. The van der Waals surface area contributed by atoms with E-state index in [1.807, 2.05) is 13.8 Å². The fourth-order valence-corrected chi connectivity index (χ4v) is 2.39. The first-order valence-electron chi connectivity index (χ1n) is 6.99. The SMILES string of the molecule is COC(=O)c1cncc(N2CCN(CC(C)(C)O)CC2)n1. The van der Waals surface area contributed by atoms with Crippen molar-refractivity contribution in [3.63, 3.8) is 0 Å². The van der Waals surface area contributed by atoms with E-state index in [1.54, 1.807) is 6.20 Å². The standard InChI is InChI=1S/C14H22N4O3/c1-14(2,20)10-17-4-6-18(7-5-17)12-9-15-8-11(16-12)13(19)21-3/h8-9,20H,4-7,10H2,1-3H3. The zero-order valence-electron chi connectivity index (χ0n) is 12.7. The third-order valence-electron chi connectivity index (χ3n) is 3.32. The molecular weight excluding hydrogens is 272 g/mol. The molecule has 1 N–H and O–H groups in total. The van der Waals surface area contributed by atoms with Crippen LogP contribution < -0.4 is 4.90 Å². The van der Waals surface area contributed by atoms with Crippen LogP contribution in [0.4, 0.5) is 5.82 Å². The molecule has 0 aromatic carbocycles. The Hall–Kier alpha value is -1.73. The lowest BCUT2D eigenvalue weighted by molar-refractivity contribution is 0.0344. The van der Waals surface area contributed by atoms with Crippen molar-refractivity contribution in [1.29, 1.82) is 0 Å². The summed E-state index contributed by atoms with van der Waals surface area (Å²) in [6.07, 6.45) is 3.05. The van der Waals surface area contributed by atoms with Gasteiger partial charge in [-0.2, -0.15) is 0 Å². The number of nitrogens with zero attached hydrogens (tertiary/aromatic N) is 4. The Morgan fingerprint density at radius 3 is 2.57 bits per heavy atom. The van der Waals surface area contributed by atoms with Gasteiger partial charge in [0.15, 0.2) is 5.69 Å². The summed E-state index contributed by atoms with van der Waals surface area (Å²) < 4.78 is 4.65. The highest BCUT2D eigenvalue weighted by Crippen LogP contribution is 2.15. The monoisotopic (exact) mass is 294 g/mol. The van der Waals surface area contributed by atoms with Crippen LogP contribution in [-0.4, -0.2) is 71.4 Å². The second kappa shape index (κ2) is 6.36. The average molecular weight is 294 g/mol. The summed E-state index contributed by atoms with van der Waals surface area (Å²) in [6, 6.07) is 0. The van der Waals surface area contributed by atoms with Gasteiger partial charge in [-0.25, -0.2) is 9.78 Å². The number of rotatable bonds is 4. The molecular formula is C14H22N4O3. The molecule has 0 unspecified atom stereocenters. The van der Waals surface area contributed by atoms with Gasteiger partial charge in [-0.15, -0.1) is 0 Å². The Kier molecular flexibility index (Phi) is 4.74. The molecule has 0 spiro atoms. The van der Waals surface area contributed by atoms with Gasteiger partial charge in [0.2, 0.25) is 0 Å². The highest BCUT2D eigenvalue weighted by Gasteiger charge is 2.23. The molecule has 7 heteroatoms. The normalized spacial score (nSPS) is 16.9. The van der Waals surface area contributed by atoms with Gasteiger partial charge < -0.3 is 14.7 Å². The lowest BCUT2D eigenvalue weighted by Gasteiger charge is -2.37. The minimum absolute atomic E-state index is 0.217. The van der Waals surface area contributed by atoms with Crippen molar-refractivity contribution >= 4 is 11.8 Å². The summed E-state index contributed by atoms with van der Waals surface area (Å²) in [7, 11) is 1.33. The van der Waals surface area contributed by atoms with Crippen molar-refractivity contribution in [2.75, 3.05) is 44.7 Å². The molecule has 0 saturated carbocycles. The van der Waals surface area contributed by atoms with Gasteiger partial charge in [-0.1, -0.05) is 0 Å². The summed E-state index contributed by atoms with van der Waals surface area (Å²) in [6.45, 7) is 7.52. The van der Waals surface area contributed by atoms with E-state index in [0.29, 0.717) is 12.4 Å². The molecule has 21 heavy (non-hydrogen) atoms. The number of aliphatic hydroxyl groups is 1. The second-order valence-electron chi connectivity index (χ2n) is 5.83. The molecule has 116 valence electrons. The molecule has 1 fully saturated rings. The number of esters is 1. The first-order chi connectivity index (χ1) is 9.89. The number of carbonyl (C=O) groups is 1. The number of ether oxygens (including phenoxy) is 1. The van der Waals surface area contributed by atoms with Crippen molar-refractivity contribution in [3.8, 4) is 0 Å². The third kappa shape index (κ3) is 4.37. The van der Waals surface area contributed by atoms with Crippen LogP contribution in [0.15, 0.2) is 12.4 Å². The summed E-state index contributed by atoms with van der Waals surface area (Å²) >= 11 is 0. The van der Waals surface area contributed by atoms with Crippen LogP contribution >= 0.6 is 0 Å². The van der Waals surface area contributed by atoms with Crippen molar-refractivity contribution in [2.45, 2.75) is 19.4 Å². The lowest BCUT2D eigenvalue weighted by Crippen LogP contribution is -2.50. The first-order valence-corrected chi connectivity index (χ1v) is 6.99. The van der Waals surface area contributed by atoms with Gasteiger partial charge in [0.25, 0.3) is 0 Å². The Morgan fingerprint density at radius 1 is 1.33 bits per heavy atom. The van der Waals surface area contributed by atoms with Gasteiger partial charge in [0.05, 0.1) is 25.1 Å². The number of anilines is 1. The van der Waals surface area contributed by atoms with Crippen LogP contribution in [0.5, 0.6) is 0 Å². The zero-order valence-corrected chi connectivity index (χ0v) is 12.7. The van der Waals surface area contributed by atoms with Gasteiger partial charge in [0, 0.05) is 32.7 Å². The van der Waals surface area contributed by atoms with Crippen LogP contribution in [0.2, 0.25) is 0 Å². The summed E-state index contributed by atoms with van der Waals surface area (Å²) in [4.78, 5) is 24.1. The predicted octanol–water partition coefficient (Wildman–Crippen LogP) is 0.156. The van der Waals surface area contributed by atoms with Crippen LogP contribution in [0, 0.1) is 0 Å². The minimum Gasteiger partial charge on any atom is -0.464 e. The quantitative estimate of drug-likeness (QED) is 0.792. The smallest absolute Gasteiger partial charge is 0.358 e. The Balaban J connectivity index is 1.97. The van der Waals surface area contributed by atoms with Crippen LogP contribution in [0.1, 0.15) is 24.3 Å². The topological polar surface area (TPSA) is 78.8 Å². The Bertz CT molecular complexity index is 493. The molecule has 1 saturated heterocycles. The molecule has 2 heterocycles. The van der Waals surface area contributed by atoms with E-state index >= 15 is 0 Å². The molecule has 2 rings (SSSR count). The van der Waals surface area contributed by atoms with Crippen molar-refractivity contribution in [2.24, 2.45) is 0 Å². The summed E-state index contributed by atoms with van der Waals surface area (Å²) in [5, 5.41) is 9.85. The maximum absolute atomic E-state index is 11.5. The van der Waals surface area contributed by atoms with E-state index < -0.39 is 11.6 Å². The van der Waals surface area contributed by atoms with Gasteiger partial charge in [-0.05, 0) is 13.8 Å². The van der Waals surface area contributed by atoms with Gasteiger partial charge in [0.1, 0.15) is 5.82 Å². The summed E-state index contributed by atoms with van der Waals surface area (Å²) in [5.41, 5.74) is -0.471. The van der Waals surface area contributed by atoms with E-state index in [9.17, 15) is 9.90 Å². The van der Waals surface area contributed by atoms with Crippen molar-refractivity contribution < 1.29 is 14.6 Å². The number of hydrogen-bond acceptors (Lipinski definition) is 7. The predicted molar refractivity (Wildman–Crippen MR) is 78.3 cm³/mol. The fraction of sp³-hybridized carbons (Fsp3) is 0.643. The minimum atomic E-state index is -0.688. The maximum atomic E-state index is 11.5. The van der Waals surface area contributed by atoms with Crippen LogP contribution in [0.25, 0.3) is 0 Å². The molecule has 0 atom stereocenters. The van der Waals surface area contributed by atoms with Gasteiger partial charge >= 0.3 is 5.97 Å². The largest absolute Gasteiger partial charge is 0.464 e. The Morgan fingerprint density at radius 2 is 2.00 bits per heavy atom. The van der Waals surface area contributed by atoms with Crippen molar-refractivity contribution in [1.82, 2.24) is 14.9 Å². The first kappa shape index (κ1) is 15.7. The van der Waals surface area contributed by atoms with E-state index in [4.69, 9.17) is 0 Å². The molecule has 7 nitrogen and oxygen atoms in total. The second-order valence-corrected chi connectivity index (χ2v) is 5.83. The number of aromatic nitrogens is 2. The highest BCUT2D eigenvalue weighted by molar-refractivity contribution is 5.87. The van der Waals surface area contributed by atoms with Crippen molar-refractivity contribution in [3.05, 3.63) is 18.1 Å². The lowest BCUT2D eigenvalue weighted by atomic mass is 10.1. The molecule has 1 aliphatic heterocycles. The number of carbonyl (C=O) groups excluding carboxylic acids is 1. The molecule has 1 aromatic heterocycles. The Labute approximate surface area is 124 Å². The zero-order chi connectivity index (χ0) is 15.5. The maximum Gasteiger partial charge on any atom is 0.358 e. The third-order valence-corrected chi connectivity index (χ3v) is 3.32. The molecule has 1 aliphatic rings. The number of methoxy groups -OCH3 is 1. The van der Waals surface area contributed by atoms with E-state index in [1.165, 1.54) is 13.3 Å².